The minimum absolute atomic E-state index is 0.218. The zero-order valence-corrected chi connectivity index (χ0v) is 31.2. The number of nitrogens with zero attached hydrogens (tertiary/aromatic N) is 1. The number of para-hydroxylation sites is 2. The predicted molar refractivity (Wildman–Crippen MR) is 232 cm³/mol. The monoisotopic (exact) mass is 707 g/mol. The molecule has 1 unspecified atom stereocenters. The molecule has 0 fully saturated rings. The van der Waals surface area contributed by atoms with E-state index in [9.17, 15) is 0 Å². The third-order valence-electron chi connectivity index (χ3n) is 12.4. The molecular weight excluding hydrogens is 667 g/mol. The summed E-state index contributed by atoms with van der Waals surface area (Å²) < 4.78 is 7.18. The van der Waals surface area contributed by atoms with Crippen LogP contribution in [-0.4, -0.2) is 0 Å². The van der Waals surface area contributed by atoms with Crippen molar-refractivity contribution in [3.63, 3.8) is 0 Å². The third-order valence-corrected chi connectivity index (χ3v) is 12.4. The number of rotatable bonds is 5. The van der Waals surface area contributed by atoms with E-state index in [1.807, 2.05) is 0 Å². The summed E-state index contributed by atoms with van der Waals surface area (Å²) >= 11 is 0. The fourth-order valence-corrected chi connectivity index (χ4v) is 9.98. The summed E-state index contributed by atoms with van der Waals surface area (Å²) in [6.07, 6.45) is 16.7. The van der Waals surface area contributed by atoms with Gasteiger partial charge >= 0.3 is 0 Å². The molecule has 3 aliphatic carbocycles. The molecule has 0 amide bonds. The fourth-order valence-electron chi connectivity index (χ4n) is 9.98. The highest BCUT2D eigenvalue weighted by Gasteiger charge is 2.41. The van der Waals surface area contributed by atoms with E-state index in [0.29, 0.717) is 5.92 Å². The third kappa shape index (κ3) is 4.80. The van der Waals surface area contributed by atoms with Crippen LogP contribution >= 0.6 is 0 Å². The first-order chi connectivity index (χ1) is 27.1. The number of allylic oxidation sites excluding steroid dienone is 5. The lowest BCUT2D eigenvalue weighted by Gasteiger charge is -2.29. The summed E-state index contributed by atoms with van der Waals surface area (Å²) in [6, 6.07) is 49.3. The van der Waals surface area contributed by atoms with E-state index in [0.717, 1.165) is 47.2 Å². The van der Waals surface area contributed by atoms with Gasteiger partial charge in [0, 0.05) is 44.7 Å². The predicted octanol–water partition coefficient (Wildman–Crippen LogP) is 14.7. The lowest BCUT2D eigenvalue weighted by atomic mass is 9.79. The second-order valence-corrected chi connectivity index (χ2v) is 15.8. The van der Waals surface area contributed by atoms with Crippen molar-refractivity contribution in [2.24, 2.45) is 0 Å². The van der Waals surface area contributed by atoms with Crippen molar-refractivity contribution >= 4 is 55.8 Å². The maximum Gasteiger partial charge on any atom is 0.144 e. The average molecular weight is 708 g/mol. The Bertz CT molecular complexity index is 2940. The number of hydrogen-bond acceptors (Lipinski definition) is 2. The molecule has 0 saturated heterocycles. The maximum atomic E-state index is 7.18. The minimum atomic E-state index is -0.218. The van der Waals surface area contributed by atoms with Gasteiger partial charge in [0.25, 0.3) is 0 Å². The highest BCUT2D eigenvalue weighted by Crippen LogP contribution is 2.59. The van der Waals surface area contributed by atoms with E-state index in [4.69, 9.17) is 4.42 Å². The molecule has 0 spiro atoms. The molecule has 2 nitrogen and oxygen atoms in total. The van der Waals surface area contributed by atoms with Gasteiger partial charge < -0.3 is 9.32 Å². The van der Waals surface area contributed by atoms with Crippen molar-refractivity contribution in [2.75, 3.05) is 4.90 Å². The summed E-state index contributed by atoms with van der Waals surface area (Å²) in [4.78, 5) is 2.43. The number of hydrogen-bond donors (Lipinski definition) is 0. The fraction of sp³-hybridized carbons (Fsp3) is 0.132. The molecule has 0 radical (unpaired) electrons. The van der Waals surface area contributed by atoms with E-state index >= 15 is 0 Å². The van der Waals surface area contributed by atoms with Crippen LogP contribution in [-0.2, 0) is 11.8 Å². The van der Waals surface area contributed by atoms with Gasteiger partial charge in [-0.05, 0) is 111 Å². The van der Waals surface area contributed by atoms with E-state index in [2.05, 4.69) is 189 Å². The zero-order valence-electron chi connectivity index (χ0n) is 31.2. The summed E-state index contributed by atoms with van der Waals surface area (Å²) in [7, 11) is 0. The average Bonchev–Trinajstić information content (AvgIpc) is 3.74. The standard InChI is InChI=1S/C53H41NO/c1-53(2)45-29-16-28-41(40-27-15-20-34-19-9-10-23-38(34)40)49(45)50-51(53)43-26-12-11-25-42(43)48-44-33-37(31-32-47(44)55-52(48)50)54(36-21-7-4-8-22-36)46-30-14-13-24-39(46)35-17-5-3-6-18-35/h3-9,11-17,19-22,24-33,35H,10,18,23H2,1-2H3. The van der Waals surface area contributed by atoms with Gasteiger partial charge in [-0.1, -0.05) is 147 Å². The molecule has 0 aliphatic heterocycles. The van der Waals surface area contributed by atoms with E-state index in [1.54, 1.807) is 0 Å². The molecule has 0 saturated carbocycles. The topological polar surface area (TPSA) is 16.4 Å². The number of furan rings is 1. The number of fused-ring (bicyclic) bond motifs is 11. The summed E-state index contributed by atoms with van der Waals surface area (Å²) in [6.45, 7) is 4.80. The van der Waals surface area contributed by atoms with Gasteiger partial charge in [0.2, 0.25) is 0 Å². The lowest BCUT2D eigenvalue weighted by molar-refractivity contribution is 0.658. The first-order valence-corrected chi connectivity index (χ1v) is 19.7. The number of benzene rings is 7. The van der Waals surface area contributed by atoms with E-state index in [1.165, 1.54) is 71.9 Å². The molecule has 1 heterocycles. The molecule has 3 aliphatic rings. The SMILES string of the molecule is CC1(C)c2cccc(-c3cccc4c3CCC=C4)c2-c2c1c1ccccc1c1c2oc2ccc(N(c3ccccc3)c3ccccc3C3C=CC=CC3)cc21. The van der Waals surface area contributed by atoms with Crippen LogP contribution < -0.4 is 4.90 Å². The van der Waals surface area contributed by atoms with E-state index < -0.39 is 0 Å². The Balaban J connectivity index is 1.20. The van der Waals surface area contributed by atoms with Gasteiger partial charge in [-0.2, -0.15) is 0 Å². The first kappa shape index (κ1) is 32.1. The Morgan fingerprint density at radius 3 is 2.33 bits per heavy atom. The van der Waals surface area contributed by atoms with Gasteiger partial charge in [0.15, 0.2) is 0 Å². The van der Waals surface area contributed by atoms with Crippen LogP contribution in [0, 0.1) is 0 Å². The summed E-state index contributed by atoms with van der Waals surface area (Å²) in [5.41, 5.74) is 17.1. The van der Waals surface area contributed by atoms with Gasteiger partial charge in [-0.25, -0.2) is 0 Å². The van der Waals surface area contributed by atoms with Crippen molar-refractivity contribution in [1.82, 2.24) is 0 Å². The Morgan fingerprint density at radius 2 is 1.45 bits per heavy atom. The van der Waals surface area contributed by atoms with Gasteiger partial charge in [-0.15, -0.1) is 0 Å². The Hall–Kier alpha value is -6.38. The second kappa shape index (κ2) is 12.3. The number of anilines is 3. The maximum absolute atomic E-state index is 7.18. The molecule has 7 aromatic carbocycles. The van der Waals surface area contributed by atoms with Gasteiger partial charge in [0.05, 0.1) is 0 Å². The highest BCUT2D eigenvalue weighted by molar-refractivity contribution is 6.26. The minimum Gasteiger partial charge on any atom is -0.455 e. The Morgan fingerprint density at radius 1 is 0.655 bits per heavy atom. The summed E-state index contributed by atoms with van der Waals surface area (Å²) in [5, 5.41) is 4.86. The van der Waals surface area contributed by atoms with Gasteiger partial charge in [0.1, 0.15) is 11.2 Å². The van der Waals surface area contributed by atoms with Crippen molar-refractivity contribution in [3.8, 4) is 22.3 Å². The van der Waals surface area contributed by atoms with Crippen LogP contribution in [0.3, 0.4) is 0 Å². The molecule has 0 N–H and O–H groups in total. The zero-order chi connectivity index (χ0) is 36.7. The second-order valence-electron chi connectivity index (χ2n) is 15.8. The molecule has 55 heavy (non-hydrogen) atoms. The Kier molecular flexibility index (Phi) is 7.19. The Labute approximate surface area is 322 Å². The van der Waals surface area contributed by atoms with Crippen molar-refractivity contribution in [3.05, 3.63) is 192 Å². The van der Waals surface area contributed by atoms with Crippen molar-refractivity contribution in [2.45, 2.75) is 44.4 Å². The van der Waals surface area contributed by atoms with E-state index in [-0.39, 0.29) is 5.41 Å². The highest BCUT2D eigenvalue weighted by atomic mass is 16.3. The van der Waals surface area contributed by atoms with Crippen LogP contribution in [0.1, 0.15) is 60.4 Å². The van der Waals surface area contributed by atoms with Crippen molar-refractivity contribution in [1.29, 1.82) is 0 Å². The first-order valence-electron chi connectivity index (χ1n) is 19.7. The lowest BCUT2D eigenvalue weighted by Crippen LogP contribution is -2.15. The van der Waals surface area contributed by atoms with Crippen molar-refractivity contribution < 1.29 is 4.42 Å². The van der Waals surface area contributed by atoms with Crippen LogP contribution in [0.4, 0.5) is 17.1 Å². The van der Waals surface area contributed by atoms with Crippen LogP contribution in [0.2, 0.25) is 0 Å². The smallest absolute Gasteiger partial charge is 0.144 e. The van der Waals surface area contributed by atoms with Gasteiger partial charge in [-0.3, -0.25) is 0 Å². The summed E-state index contributed by atoms with van der Waals surface area (Å²) in [5.74, 6) is 0.307. The largest absolute Gasteiger partial charge is 0.455 e. The molecular formula is C53H41NO. The van der Waals surface area contributed by atoms with Crippen LogP contribution in [0.25, 0.3) is 61.0 Å². The van der Waals surface area contributed by atoms with Crippen LogP contribution in [0.5, 0.6) is 0 Å². The normalized spacial score (nSPS) is 16.4. The molecule has 2 heteroatoms. The molecule has 8 aromatic rings. The molecule has 264 valence electrons. The quantitative estimate of drug-likeness (QED) is 0.177. The molecule has 1 aromatic heterocycles. The molecule has 0 bridgehead atoms. The molecule has 11 rings (SSSR count). The molecule has 1 atom stereocenters. The van der Waals surface area contributed by atoms with Crippen LogP contribution in [0.15, 0.2) is 168 Å².